The van der Waals surface area contributed by atoms with Crippen molar-refractivity contribution in [3.8, 4) is 22.9 Å². The highest BCUT2D eigenvalue weighted by atomic mass is 16.5. The van der Waals surface area contributed by atoms with E-state index in [9.17, 15) is 9.90 Å². The number of β-amino-alcohol motifs (C(OH)–C–C–N with tert-alkyl or cyclic N) is 1. The summed E-state index contributed by atoms with van der Waals surface area (Å²) in [6.45, 7) is 3.00. The Morgan fingerprint density at radius 3 is 2.89 bits per heavy atom. The molecule has 0 radical (unpaired) electrons. The highest BCUT2D eigenvalue weighted by Gasteiger charge is 2.37. The van der Waals surface area contributed by atoms with Crippen molar-refractivity contribution >= 4 is 28.6 Å². The number of aliphatic hydroxyl groups is 1. The van der Waals surface area contributed by atoms with Gasteiger partial charge in [0.1, 0.15) is 12.4 Å². The standard InChI is InChI=1S/C25H24N6O4/c1-25(33)13-31(14-25)20-4-3-17(9-21(20)34-2)28-22-23-26-5-6-30(23)11-19(29-22)16-7-15-8-18(32)12-35-24(15)27-10-16/h3-7,9-11,33H,8,12-14H2,1-2H3,(H,28,29). The van der Waals surface area contributed by atoms with Crippen molar-refractivity contribution in [2.45, 2.75) is 18.9 Å². The Kier molecular flexibility index (Phi) is 4.85. The van der Waals surface area contributed by atoms with Crippen molar-refractivity contribution in [2.75, 3.05) is 37.0 Å². The molecule has 3 aromatic heterocycles. The number of rotatable bonds is 5. The van der Waals surface area contributed by atoms with Crippen molar-refractivity contribution < 1.29 is 19.4 Å². The number of hydrogen-bond acceptors (Lipinski definition) is 9. The van der Waals surface area contributed by atoms with Crippen LogP contribution < -0.4 is 19.7 Å². The van der Waals surface area contributed by atoms with E-state index in [1.165, 1.54) is 0 Å². The number of benzene rings is 1. The van der Waals surface area contributed by atoms with E-state index in [2.05, 4.69) is 20.2 Å². The lowest BCUT2D eigenvalue weighted by Gasteiger charge is -2.46. The molecule has 1 aromatic carbocycles. The van der Waals surface area contributed by atoms with E-state index in [-0.39, 0.29) is 12.4 Å². The fourth-order valence-electron chi connectivity index (χ4n) is 4.56. The molecular weight excluding hydrogens is 448 g/mol. The number of nitrogens with zero attached hydrogens (tertiary/aromatic N) is 5. The van der Waals surface area contributed by atoms with Crippen LogP contribution in [0.5, 0.6) is 11.6 Å². The van der Waals surface area contributed by atoms with Crippen LogP contribution >= 0.6 is 0 Å². The van der Waals surface area contributed by atoms with Crippen LogP contribution in [0.25, 0.3) is 16.9 Å². The summed E-state index contributed by atoms with van der Waals surface area (Å²) in [6, 6.07) is 7.71. The molecule has 0 atom stereocenters. The van der Waals surface area contributed by atoms with Crippen molar-refractivity contribution in [2.24, 2.45) is 0 Å². The molecule has 0 spiro atoms. The molecule has 5 heterocycles. The lowest BCUT2D eigenvalue weighted by molar-refractivity contribution is -0.121. The summed E-state index contributed by atoms with van der Waals surface area (Å²) < 4.78 is 12.9. The number of methoxy groups -OCH3 is 1. The molecule has 0 bridgehead atoms. The maximum absolute atomic E-state index is 11.8. The van der Waals surface area contributed by atoms with Gasteiger partial charge >= 0.3 is 0 Å². The lowest BCUT2D eigenvalue weighted by Crippen LogP contribution is -2.60. The monoisotopic (exact) mass is 472 g/mol. The summed E-state index contributed by atoms with van der Waals surface area (Å²) in [6.07, 6.45) is 7.44. The number of nitrogens with one attached hydrogen (secondary N) is 1. The van der Waals surface area contributed by atoms with Crippen LogP contribution in [-0.4, -0.2) is 62.6 Å². The fraction of sp³-hybridized carbons (Fsp3) is 0.280. The number of Topliss-reactive ketones (excluding diaryl/α,β-unsaturated/α-hetero) is 1. The first-order valence-electron chi connectivity index (χ1n) is 11.3. The smallest absolute Gasteiger partial charge is 0.217 e. The highest BCUT2D eigenvalue weighted by Crippen LogP contribution is 2.37. The van der Waals surface area contributed by atoms with Gasteiger partial charge in [0.2, 0.25) is 5.88 Å². The van der Waals surface area contributed by atoms with Gasteiger partial charge in [0.25, 0.3) is 0 Å². The van der Waals surface area contributed by atoms with E-state index < -0.39 is 5.60 Å². The zero-order valence-corrected chi connectivity index (χ0v) is 19.4. The van der Waals surface area contributed by atoms with E-state index in [0.717, 1.165) is 22.5 Å². The second-order valence-corrected chi connectivity index (χ2v) is 9.19. The van der Waals surface area contributed by atoms with Gasteiger partial charge in [-0.2, -0.15) is 0 Å². The zero-order chi connectivity index (χ0) is 24.2. The van der Waals surface area contributed by atoms with E-state index in [1.807, 2.05) is 48.0 Å². The maximum Gasteiger partial charge on any atom is 0.217 e. The largest absolute Gasteiger partial charge is 0.495 e. The second kappa shape index (κ2) is 7.95. The van der Waals surface area contributed by atoms with Gasteiger partial charge < -0.3 is 29.2 Å². The Hall–Kier alpha value is -4.18. The van der Waals surface area contributed by atoms with Crippen molar-refractivity contribution in [3.63, 3.8) is 0 Å². The number of ether oxygens (including phenoxy) is 2. The zero-order valence-electron chi connectivity index (χ0n) is 19.4. The third-order valence-electron chi connectivity index (χ3n) is 6.20. The van der Waals surface area contributed by atoms with Crippen LogP contribution in [0.15, 0.2) is 49.1 Å². The van der Waals surface area contributed by atoms with Crippen LogP contribution in [-0.2, 0) is 11.2 Å². The van der Waals surface area contributed by atoms with E-state index in [4.69, 9.17) is 14.5 Å². The number of ketones is 1. The predicted octanol–water partition coefficient (Wildman–Crippen LogP) is 2.62. The third kappa shape index (κ3) is 3.91. The average Bonchev–Trinajstić information content (AvgIpc) is 3.31. The van der Waals surface area contributed by atoms with Gasteiger partial charge in [0.05, 0.1) is 24.1 Å². The summed E-state index contributed by atoms with van der Waals surface area (Å²) in [4.78, 5) is 27.6. The van der Waals surface area contributed by atoms with Crippen LogP contribution in [0.1, 0.15) is 12.5 Å². The number of fused-ring (bicyclic) bond motifs is 2. The number of carbonyl (C=O) groups excluding carboxylic acids is 1. The van der Waals surface area contributed by atoms with Gasteiger partial charge in [0, 0.05) is 67.2 Å². The van der Waals surface area contributed by atoms with Crippen LogP contribution in [0.4, 0.5) is 17.2 Å². The van der Waals surface area contributed by atoms with Gasteiger partial charge in [-0.3, -0.25) is 4.79 Å². The molecule has 6 rings (SSSR count). The van der Waals surface area contributed by atoms with Crippen molar-refractivity contribution in [3.05, 3.63) is 54.6 Å². The van der Waals surface area contributed by atoms with E-state index in [1.54, 1.807) is 19.5 Å². The summed E-state index contributed by atoms with van der Waals surface area (Å²) in [5, 5.41) is 13.5. The molecule has 2 aliphatic heterocycles. The normalized spacial score (nSPS) is 16.4. The molecule has 10 nitrogen and oxygen atoms in total. The minimum Gasteiger partial charge on any atom is -0.495 e. The number of carbonyl (C=O) groups is 1. The van der Waals surface area contributed by atoms with Gasteiger partial charge in [0.15, 0.2) is 17.2 Å². The topological polar surface area (TPSA) is 114 Å². The molecule has 0 unspecified atom stereocenters. The Morgan fingerprint density at radius 2 is 2.09 bits per heavy atom. The Morgan fingerprint density at radius 1 is 1.23 bits per heavy atom. The van der Waals surface area contributed by atoms with Crippen molar-refractivity contribution in [1.29, 1.82) is 0 Å². The first kappa shape index (κ1) is 21.4. The maximum atomic E-state index is 11.8. The lowest BCUT2D eigenvalue weighted by atomic mass is 9.96. The van der Waals surface area contributed by atoms with Gasteiger partial charge in [-0.1, -0.05) is 0 Å². The average molecular weight is 473 g/mol. The highest BCUT2D eigenvalue weighted by molar-refractivity contribution is 5.85. The third-order valence-corrected chi connectivity index (χ3v) is 6.20. The molecular formula is C25H24N6O4. The summed E-state index contributed by atoms with van der Waals surface area (Å²) in [7, 11) is 1.63. The Labute approximate surface area is 201 Å². The quantitative estimate of drug-likeness (QED) is 0.452. The van der Waals surface area contributed by atoms with E-state index in [0.29, 0.717) is 48.3 Å². The van der Waals surface area contributed by atoms with Gasteiger partial charge in [-0.25, -0.2) is 15.0 Å². The summed E-state index contributed by atoms with van der Waals surface area (Å²) in [5.41, 5.74) is 3.91. The molecule has 35 heavy (non-hydrogen) atoms. The molecule has 4 aromatic rings. The van der Waals surface area contributed by atoms with Gasteiger partial charge in [-0.05, 0) is 25.1 Å². The number of anilines is 3. The molecule has 0 saturated carbocycles. The minimum atomic E-state index is -0.677. The number of pyridine rings is 1. The van der Waals surface area contributed by atoms with Crippen LogP contribution in [0.2, 0.25) is 0 Å². The predicted molar refractivity (Wildman–Crippen MR) is 130 cm³/mol. The molecule has 0 amide bonds. The van der Waals surface area contributed by atoms with Gasteiger partial charge in [-0.15, -0.1) is 0 Å². The summed E-state index contributed by atoms with van der Waals surface area (Å²) >= 11 is 0. The second-order valence-electron chi connectivity index (χ2n) is 9.19. The fourth-order valence-corrected chi connectivity index (χ4v) is 4.56. The molecule has 0 aliphatic carbocycles. The van der Waals surface area contributed by atoms with Crippen LogP contribution in [0, 0.1) is 0 Å². The minimum absolute atomic E-state index is 0.0241. The van der Waals surface area contributed by atoms with Crippen LogP contribution in [0.3, 0.4) is 0 Å². The SMILES string of the molecule is COc1cc(Nc2nc(-c3cnc4c(c3)CC(=O)CO4)cn3ccnc23)ccc1N1CC(C)(O)C1. The molecule has 2 aliphatic rings. The number of aromatic nitrogens is 4. The number of imidazole rings is 1. The van der Waals surface area contributed by atoms with E-state index >= 15 is 0 Å². The first-order chi connectivity index (χ1) is 16.9. The first-order valence-corrected chi connectivity index (χ1v) is 11.3. The molecule has 2 N–H and O–H groups in total. The Bertz CT molecular complexity index is 1460. The Balaban J connectivity index is 1.34. The molecule has 1 fully saturated rings. The number of hydrogen-bond donors (Lipinski definition) is 2. The molecule has 178 valence electrons. The van der Waals surface area contributed by atoms with Crippen molar-refractivity contribution in [1.82, 2.24) is 19.4 Å². The summed E-state index contributed by atoms with van der Waals surface area (Å²) in [5.74, 6) is 1.78. The molecule has 10 heteroatoms. The molecule has 1 saturated heterocycles.